The Hall–Kier alpha value is -0.600. The van der Waals surface area contributed by atoms with E-state index in [4.69, 9.17) is 0 Å². The second-order valence-electron chi connectivity index (χ2n) is 8.39. The molecule has 4 aliphatic carbocycles. The highest BCUT2D eigenvalue weighted by Crippen LogP contribution is 2.63. The van der Waals surface area contributed by atoms with Crippen LogP contribution in [0.5, 0.6) is 0 Å². The summed E-state index contributed by atoms with van der Waals surface area (Å²) in [6, 6.07) is 0. The number of rotatable bonds is 0. The molecular formula is C19H28O2. The van der Waals surface area contributed by atoms with E-state index < -0.39 is 0 Å². The molecular weight excluding hydrogens is 260 g/mol. The molecule has 0 radical (unpaired) electrons. The van der Waals surface area contributed by atoms with Crippen LogP contribution in [-0.4, -0.2) is 22.4 Å². The van der Waals surface area contributed by atoms with E-state index in [-0.39, 0.29) is 23.0 Å². The summed E-state index contributed by atoms with van der Waals surface area (Å²) >= 11 is 0. The number of aliphatic hydroxyl groups is 2. The summed E-state index contributed by atoms with van der Waals surface area (Å²) in [7, 11) is 0. The zero-order valence-electron chi connectivity index (χ0n) is 13.3. The quantitative estimate of drug-likeness (QED) is 0.670. The number of hydrogen-bond acceptors (Lipinski definition) is 2. The van der Waals surface area contributed by atoms with Gasteiger partial charge in [-0.2, -0.15) is 0 Å². The van der Waals surface area contributed by atoms with Crippen molar-refractivity contribution in [3.05, 3.63) is 23.8 Å². The summed E-state index contributed by atoms with van der Waals surface area (Å²) < 4.78 is 0. The van der Waals surface area contributed by atoms with Crippen molar-refractivity contribution in [3.63, 3.8) is 0 Å². The summed E-state index contributed by atoms with van der Waals surface area (Å²) in [6.45, 7) is 4.71. The maximum atomic E-state index is 10.4. The van der Waals surface area contributed by atoms with Gasteiger partial charge in [-0.15, -0.1) is 0 Å². The Morgan fingerprint density at radius 2 is 1.90 bits per heavy atom. The van der Waals surface area contributed by atoms with Gasteiger partial charge in [-0.25, -0.2) is 0 Å². The van der Waals surface area contributed by atoms with Gasteiger partial charge in [0.15, 0.2) is 0 Å². The first-order chi connectivity index (χ1) is 9.95. The molecule has 116 valence electrons. The minimum absolute atomic E-state index is 0.0923. The molecule has 0 aliphatic heterocycles. The predicted octanol–water partition coefficient (Wildman–Crippen LogP) is 3.45. The van der Waals surface area contributed by atoms with Crippen LogP contribution in [0.3, 0.4) is 0 Å². The molecule has 2 nitrogen and oxygen atoms in total. The van der Waals surface area contributed by atoms with Gasteiger partial charge in [0.05, 0.1) is 12.2 Å². The van der Waals surface area contributed by atoms with Crippen molar-refractivity contribution in [2.45, 2.75) is 64.6 Å². The lowest BCUT2D eigenvalue weighted by atomic mass is 9.49. The first-order valence-corrected chi connectivity index (χ1v) is 8.70. The molecule has 2 N–H and O–H groups in total. The highest BCUT2D eigenvalue weighted by molar-refractivity contribution is 5.32. The van der Waals surface area contributed by atoms with E-state index in [1.54, 1.807) is 0 Å². The van der Waals surface area contributed by atoms with Crippen LogP contribution in [0.15, 0.2) is 23.8 Å². The van der Waals surface area contributed by atoms with Crippen LogP contribution < -0.4 is 0 Å². The van der Waals surface area contributed by atoms with Gasteiger partial charge in [0.25, 0.3) is 0 Å². The van der Waals surface area contributed by atoms with E-state index in [9.17, 15) is 10.2 Å². The van der Waals surface area contributed by atoms with Crippen molar-refractivity contribution >= 4 is 0 Å². The third kappa shape index (κ3) is 1.78. The van der Waals surface area contributed by atoms with Gasteiger partial charge in [-0.1, -0.05) is 37.6 Å². The average Bonchev–Trinajstić information content (AvgIpc) is 2.76. The van der Waals surface area contributed by atoms with E-state index in [0.717, 1.165) is 25.2 Å². The third-order valence-corrected chi connectivity index (χ3v) is 7.58. The van der Waals surface area contributed by atoms with E-state index in [0.29, 0.717) is 11.8 Å². The summed E-state index contributed by atoms with van der Waals surface area (Å²) in [5, 5.41) is 20.4. The largest absolute Gasteiger partial charge is 0.393 e. The number of aliphatic hydroxyl groups excluding tert-OH is 2. The van der Waals surface area contributed by atoms with Crippen LogP contribution in [0, 0.1) is 28.6 Å². The molecule has 4 aliphatic rings. The Kier molecular flexibility index (Phi) is 2.97. The Morgan fingerprint density at radius 1 is 1.10 bits per heavy atom. The van der Waals surface area contributed by atoms with Crippen LogP contribution in [-0.2, 0) is 0 Å². The van der Waals surface area contributed by atoms with E-state index in [1.165, 1.54) is 24.8 Å². The highest BCUT2D eigenvalue weighted by atomic mass is 16.3. The molecule has 2 fully saturated rings. The zero-order chi connectivity index (χ0) is 14.8. The molecule has 0 aromatic heterocycles. The molecule has 0 spiro atoms. The molecule has 2 saturated carbocycles. The molecule has 0 saturated heterocycles. The van der Waals surface area contributed by atoms with Crippen molar-refractivity contribution in [2.75, 3.05) is 0 Å². The van der Waals surface area contributed by atoms with Gasteiger partial charge in [-0.05, 0) is 61.7 Å². The van der Waals surface area contributed by atoms with Crippen molar-refractivity contribution < 1.29 is 10.2 Å². The minimum Gasteiger partial charge on any atom is -0.393 e. The van der Waals surface area contributed by atoms with Crippen LogP contribution in [0.2, 0.25) is 0 Å². The molecule has 0 amide bonds. The van der Waals surface area contributed by atoms with Crippen LogP contribution in [0.25, 0.3) is 0 Å². The lowest BCUT2D eigenvalue weighted by Crippen LogP contribution is -2.50. The van der Waals surface area contributed by atoms with Gasteiger partial charge in [-0.3, -0.25) is 0 Å². The third-order valence-electron chi connectivity index (χ3n) is 7.58. The van der Waals surface area contributed by atoms with Crippen LogP contribution in [0.1, 0.15) is 52.4 Å². The summed E-state index contributed by atoms with van der Waals surface area (Å²) in [5.74, 6) is 2.10. The topological polar surface area (TPSA) is 40.5 Å². The highest BCUT2D eigenvalue weighted by Gasteiger charge is 2.57. The van der Waals surface area contributed by atoms with Crippen LogP contribution >= 0.6 is 0 Å². The number of allylic oxidation sites excluding steroid dienone is 2. The normalized spacial score (nSPS) is 55.4. The fraction of sp³-hybridized carbons (Fsp3) is 0.789. The maximum absolute atomic E-state index is 10.4. The second kappa shape index (κ2) is 4.45. The Balaban J connectivity index is 1.71. The molecule has 21 heavy (non-hydrogen) atoms. The molecule has 2 heteroatoms. The van der Waals surface area contributed by atoms with Crippen molar-refractivity contribution in [3.8, 4) is 0 Å². The smallest absolute Gasteiger partial charge is 0.0758 e. The van der Waals surface area contributed by atoms with Crippen molar-refractivity contribution in [1.29, 1.82) is 0 Å². The summed E-state index contributed by atoms with van der Waals surface area (Å²) in [4.78, 5) is 0. The molecule has 7 atom stereocenters. The van der Waals surface area contributed by atoms with Crippen LogP contribution in [0.4, 0.5) is 0 Å². The molecule has 0 aromatic carbocycles. The van der Waals surface area contributed by atoms with E-state index in [1.807, 2.05) is 6.08 Å². The SMILES string of the molecule is C[C@]12CC[C@H]3[C@@H](CC=C4C[C@@H](O)C=C[C@@]43C)[C@@H]1CC[C@@H]2O. The van der Waals surface area contributed by atoms with E-state index >= 15 is 0 Å². The first kappa shape index (κ1) is 14.0. The number of fused-ring (bicyclic) bond motifs is 5. The monoisotopic (exact) mass is 288 g/mol. The molecule has 0 unspecified atom stereocenters. The van der Waals surface area contributed by atoms with E-state index in [2.05, 4.69) is 26.0 Å². The summed E-state index contributed by atoms with van der Waals surface area (Å²) in [5.41, 5.74) is 1.76. The second-order valence-corrected chi connectivity index (χ2v) is 8.39. The van der Waals surface area contributed by atoms with Gasteiger partial charge in [0.2, 0.25) is 0 Å². The lowest BCUT2D eigenvalue weighted by molar-refractivity contribution is -0.0551. The number of hydrogen-bond donors (Lipinski definition) is 2. The van der Waals surface area contributed by atoms with Gasteiger partial charge in [0.1, 0.15) is 0 Å². The molecule has 0 bridgehead atoms. The minimum atomic E-state index is -0.289. The fourth-order valence-electron chi connectivity index (χ4n) is 6.21. The summed E-state index contributed by atoms with van der Waals surface area (Å²) in [6.07, 6.45) is 12.9. The predicted molar refractivity (Wildman–Crippen MR) is 83.6 cm³/mol. The molecule has 0 aromatic rings. The van der Waals surface area contributed by atoms with Crippen molar-refractivity contribution in [2.24, 2.45) is 28.6 Å². The van der Waals surface area contributed by atoms with Gasteiger partial charge in [0, 0.05) is 5.41 Å². The Bertz CT molecular complexity index is 508. The fourth-order valence-corrected chi connectivity index (χ4v) is 6.21. The standard InChI is InChI=1S/C19H28O2/c1-18-9-7-13(20)11-12(18)3-4-14-15-5-6-17(21)19(15,2)10-8-16(14)18/h3,7,9,13-17,20-21H,4-6,8,10-11H2,1-2H3/t13-,14-,15-,16-,17-,18-,19-/m0/s1. The lowest BCUT2D eigenvalue weighted by Gasteiger charge is -2.56. The Morgan fingerprint density at radius 3 is 2.71 bits per heavy atom. The van der Waals surface area contributed by atoms with Gasteiger partial charge >= 0.3 is 0 Å². The average molecular weight is 288 g/mol. The molecule has 4 rings (SSSR count). The van der Waals surface area contributed by atoms with Gasteiger partial charge < -0.3 is 10.2 Å². The van der Waals surface area contributed by atoms with Crippen molar-refractivity contribution in [1.82, 2.24) is 0 Å². The maximum Gasteiger partial charge on any atom is 0.0758 e. The first-order valence-electron chi connectivity index (χ1n) is 8.70. The zero-order valence-corrected chi connectivity index (χ0v) is 13.3. The Labute approximate surface area is 127 Å². The molecule has 0 heterocycles.